The molecule has 4 rings (SSSR count). The lowest BCUT2D eigenvalue weighted by molar-refractivity contribution is 1.51. The third-order valence-corrected chi connectivity index (χ3v) is 4.68. The Balaban J connectivity index is 1.96. The van der Waals surface area contributed by atoms with Gasteiger partial charge in [0.25, 0.3) is 0 Å². The van der Waals surface area contributed by atoms with Crippen LogP contribution in [0, 0.1) is 0 Å². The molecule has 0 aliphatic heterocycles. The van der Waals surface area contributed by atoms with Crippen LogP contribution in [0.25, 0.3) is 33.4 Å². The van der Waals surface area contributed by atoms with Gasteiger partial charge in [0.2, 0.25) is 0 Å². The van der Waals surface area contributed by atoms with Gasteiger partial charge in [-0.05, 0) is 46.1 Å². The molecule has 0 fully saturated rings. The number of nitrogens with zero attached hydrogens (tertiary/aromatic N) is 1. The molecule has 0 aliphatic rings. The molecule has 0 N–H and O–H groups in total. The molecule has 128 valence electrons. The maximum Gasteiger partial charge on any atom is 0.0818 e. The molecule has 0 saturated heterocycles. The predicted octanol–water partition coefficient (Wildman–Crippen LogP) is 7.42. The van der Waals surface area contributed by atoms with Gasteiger partial charge in [-0.2, -0.15) is 4.99 Å². The van der Waals surface area contributed by atoms with Crippen LogP contribution in [-0.2, 0) is 0 Å². The summed E-state index contributed by atoms with van der Waals surface area (Å²) >= 11 is 4.84. The summed E-state index contributed by atoms with van der Waals surface area (Å²) in [5.74, 6) is 0. The third kappa shape index (κ3) is 3.50. The SMILES string of the molecule is S=C=Nc1ccccc1-c1ccccc1-c1ccccc1-c1ccccc1. The summed E-state index contributed by atoms with van der Waals surface area (Å²) in [6.07, 6.45) is 0. The first-order chi connectivity index (χ1) is 13.4. The molecule has 0 aliphatic carbocycles. The summed E-state index contributed by atoms with van der Waals surface area (Å²) in [7, 11) is 0. The summed E-state index contributed by atoms with van der Waals surface area (Å²) in [5.41, 5.74) is 7.79. The molecule has 4 aromatic carbocycles. The van der Waals surface area contributed by atoms with Crippen molar-refractivity contribution in [1.29, 1.82) is 0 Å². The van der Waals surface area contributed by atoms with Crippen LogP contribution in [0.4, 0.5) is 5.69 Å². The van der Waals surface area contributed by atoms with E-state index in [4.69, 9.17) is 12.2 Å². The van der Waals surface area contributed by atoms with Gasteiger partial charge in [0.05, 0.1) is 10.8 Å². The summed E-state index contributed by atoms with van der Waals surface area (Å²) in [6, 6.07) is 35.4. The van der Waals surface area contributed by atoms with Crippen molar-refractivity contribution in [3.63, 3.8) is 0 Å². The van der Waals surface area contributed by atoms with E-state index in [9.17, 15) is 0 Å². The minimum Gasteiger partial charge on any atom is -0.194 e. The highest BCUT2D eigenvalue weighted by Crippen LogP contribution is 2.40. The fourth-order valence-corrected chi connectivity index (χ4v) is 3.49. The number of hydrogen-bond acceptors (Lipinski definition) is 2. The molecular formula is C25H17NS. The topological polar surface area (TPSA) is 12.4 Å². The second kappa shape index (κ2) is 7.92. The number of aliphatic imine (C=N–C) groups is 1. The van der Waals surface area contributed by atoms with Gasteiger partial charge in [-0.15, -0.1) is 0 Å². The van der Waals surface area contributed by atoms with E-state index in [-0.39, 0.29) is 0 Å². The van der Waals surface area contributed by atoms with E-state index in [2.05, 4.69) is 89.0 Å². The molecule has 0 radical (unpaired) electrons. The van der Waals surface area contributed by atoms with Crippen molar-refractivity contribution in [2.45, 2.75) is 0 Å². The zero-order valence-electron chi connectivity index (χ0n) is 14.7. The summed E-state index contributed by atoms with van der Waals surface area (Å²) < 4.78 is 0. The van der Waals surface area contributed by atoms with Crippen LogP contribution < -0.4 is 0 Å². The fourth-order valence-electron chi connectivity index (χ4n) is 3.39. The molecule has 1 nitrogen and oxygen atoms in total. The Bertz CT molecular complexity index is 1130. The molecule has 4 aromatic rings. The second-order valence-electron chi connectivity index (χ2n) is 6.18. The number of isothiocyanates is 1. The standard InChI is InChI=1S/C25H17NS/c27-18-26-25-17-9-8-16-24(25)23-15-7-6-14-22(23)21-13-5-4-12-20(21)19-10-2-1-3-11-19/h1-17H. The number of benzene rings is 4. The van der Waals surface area contributed by atoms with Gasteiger partial charge in [-0.1, -0.05) is 97.1 Å². The molecule has 27 heavy (non-hydrogen) atoms. The quantitative estimate of drug-likeness (QED) is 0.271. The van der Waals surface area contributed by atoms with Gasteiger partial charge < -0.3 is 0 Å². The Morgan fingerprint density at radius 2 is 0.926 bits per heavy atom. The summed E-state index contributed by atoms with van der Waals surface area (Å²) in [5, 5.41) is 2.50. The average Bonchev–Trinajstić information content (AvgIpc) is 2.75. The fraction of sp³-hybridized carbons (Fsp3) is 0. The van der Waals surface area contributed by atoms with Crippen molar-refractivity contribution in [3.8, 4) is 33.4 Å². The van der Waals surface area contributed by atoms with Gasteiger partial charge in [-0.25, -0.2) is 0 Å². The van der Waals surface area contributed by atoms with Crippen LogP contribution >= 0.6 is 12.2 Å². The molecule has 0 heterocycles. The number of rotatable bonds is 4. The lowest BCUT2D eigenvalue weighted by Gasteiger charge is -2.15. The highest BCUT2D eigenvalue weighted by atomic mass is 32.1. The lowest BCUT2D eigenvalue weighted by atomic mass is 9.89. The van der Waals surface area contributed by atoms with E-state index < -0.39 is 0 Å². The van der Waals surface area contributed by atoms with Gasteiger partial charge in [0.1, 0.15) is 0 Å². The molecule has 0 saturated carbocycles. The van der Waals surface area contributed by atoms with E-state index in [1.165, 1.54) is 22.3 Å². The summed E-state index contributed by atoms with van der Waals surface area (Å²) in [6.45, 7) is 0. The minimum atomic E-state index is 0.831. The first kappa shape index (κ1) is 17.1. The molecule has 0 spiro atoms. The van der Waals surface area contributed by atoms with Gasteiger partial charge in [-0.3, -0.25) is 0 Å². The Labute approximate surface area is 164 Å². The Morgan fingerprint density at radius 3 is 1.56 bits per heavy atom. The van der Waals surface area contributed by atoms with Crippen LogP contribution in [-0.4, -0.2) is 5.16 Å². The van der Waals surface area contributed by atoms with Crippen LogP contribution in [0.3, 0.4) is 0 Å². The minimum absolute atomic E-state index is 0.831. The Morgan fingerprint density at radius 1 is 0.481 bits per heavy atom. The normalized spacial score (nSPS) is 10.2. The first-order valence-electron chi connectivity index (χ1n) is 8.79. The highest BCUT2D eigenvalue weighted by Gasteiger charge is 2.13. The van der Waals surface area contributed by atoms with E-state index in [0.29, 0.717) is 0 Å². The van der Waals surface area contributed by atoms with Gasteiger partial charge in [0, 0.05) is 5.56 Å². The molecule has 0 bridgehead atoms. The van der Waals surface area contributed by atoms with Crippen LogP contribution in [0.15, 0.2) is 108 Å². The molecule has 0 amide bonds. The zero-order chi connectivity index (χ0) is 18.5. The molecule has 0 aromatic heterocycles. The molecule has 0 unspecified atom stereocenters. The van der Waals surface area contributed by atoms with Crippen molar-refractivity contribution >= 4 is 23.1 Å². The highest BCUT2D eigenvalue weighted by molar-refractivity contribution is 7.78. The number of hydrogen-bond donors (Lipinski definition) is 0. The van der Waals surface area contributed by atoms with Crippen LogP contribution in [0.5, 0.6) is 0 Å². The van der Waals surface area contributed by atoms with Crippen LogP contribution in [0.2, 0.25) is 0 Å². The van der Waals surface area contributed by atoms with E-state index in [0.717, 1.165) is 16.8 Å². The Kier molecular flexibility index (Phi) is 5.02. The molecular weight excluding hydrogens is 346 g/mol. The Hall–Kier alpha value is -3.32. The number of thiocarbonyl (C=S) groups is 1. The third-order valence-electron chi connectivity index (χ3n) is 4.59. The smallest absolute Gasteiger partial charge is 0.0818 e. The van der Waals surface area contributed by atoms with Crippen LogP contribution in [0.1, 0.15) is 0 Å². The number of para-hydroxylation sites is 1. The maximum absolute atomic E-state index is 4.84. The van der Waals surface area contributed by atoms with Crippen molar-refractivity contribution in [1.82, 2.24) is 0 Å². The average molecular weight is 363 g/mol. The van der Waals surface area contributed by atoms with E-state index in [1.807, 2.05) is 24.3 Å². The van der Waals surface area contributed by atoms with Gasteiger partial charge >= 0.3 is 0 Å². The summed E-state index contributed by atoms with van der Waals surface area (Å²) in [4.78, 5) is 4.26. The van der Waals surface area contributed by atoms with Crippen molar-refractivity contribution in [3.05, 3.63) is 103 Å². The lowest BCUT2D eigenvalue weighted by Crippen LogP contribution is -1.89. The van der Waals surface area contributed by atoms with Gasteiger partial charge in [0.15, 0.2) is 0 Å². The van der Waals surface area contributed by atoms with Crippen molar-refractivity contribution in [2.24, 2.45) is 4.99 Å². The first-order valence-corrected chi connectivity index (χ1v) is 9.20. The van der Waals surface area contributed by atoms with E-state index >= 15 is 0 Å². The monoisotopic (exact) mass is 363 g/mol. The van der Waals surface area contributed by atoms with E-state index in [1.54, 1.807) is 0 Å². The van der Waals surface area contributed by atoms with Crippen molar-refractivity contribution < 1.29 is 0 Å². The molecule has 2 heteroatoms. The second-order valence-corrected chi connectivity index (χ2v) is 6.36. The predicted molar refractivity (Wildman–Crippen MR) is 117 cm³/mol. The molecule has 0 atom stereocenters. The zero-order valence-corrected chi connectivity index (χ0v) is 15.5. The largest absolute Gasteiger partial charge is 0.194 e. The maximum atomic E-state index is 4.84. The van der Waals surface area contributed by atoms with Crippen molar-refractivity contribution in [2.75, 3.05) is 0 Å².